The quantitative estimate of drug-likeness (QED) is 0.0635. The number of nitrogens with one attached hydrogen (secondary N) is 2. The lowest BCUT2D eigenvalue weighted by atomic mass is 10.1. The van der Waals surface area contributed by atoms with Gasteiger partial charge in [0.05, 0.1) is 17.5 Å². The van der Waals surface area contributed by atoms with Gasteiger partial charge in [0.15, 0.2) is 0 Å². The zero-order chi connectivity index (χ0) is 37.0. The molecule has 1 aliphatic heterocycles. The molecule has 9 nitrogen and oxygen atoms in total. The normalized spacial score (nSPS) is 14.2. The Balaban J connectivity index is 1.10. The Morgan fingerprint density at radius 2 is 1.43 bits per heavy atom. The maximum Gasteiger partial charge on any atom is 0.272 e. The highest BCUT2D eigenvalue weighted by molar-refractivity contribution is 8.00. The lowest BCUT2D eigenvalue weighted by Crippen LogP contribution is -2.31. The van der Waals surface area contributed by atoms with E-state index in [0.29, 0.717) is 47.2 Å². The van der Waals surface area contributed by atoms with Crippen molar-refractivity contribution in [3.8, 4) is 11.5 Å². The molecule has 1 fully saturated rings. The molecular weight excluding hydrogens is 687 g/mol. The Morgan fingerprint density at radius 1 is 0.792 bits per heavy atom. The van der Waals surface area contributed by atoms with Crippen LogP contribution >= 0.6 is 11.8 Å². The van der Waals surface area contributed by atoms with Gasteiger partial charge in [0.2, 0.25) is 11.8 Å². The summed E-state index contributed by atoms with van der Waals surface area (Å²) in [6.45, 7) is 3.13. The standard InChI is InChI=1S/C43H39N3O6S/c1-2-3-26-51-35-22-18-34(19-23-35)46-40(47)28-39(43(46)50)53-37-24-16-33(17-25-37)44-42(49)38(45-41(48)32-12-8-5-9-13-32)27-30-14-20-36(21-15-30)52-29-31-10-6-4-7-11-31/h4-25,27,39H,2-3,26,28-29H2,1H3,(H,44,49)(H,45,48)/b38-27-. The zero-order valence-corrected chi connectivity index (χ0v) is 30.0. The summed E-state index contributed by atoms with van der Waals surface area (Å²) < 4.78 is 11.6. The fraction of sp³-hybridized carbons (Fsp3) is 0.163. The van der Waals surface area contributed by atoms with Gasteiger partial charge in [-0.3, -0.25) is 19.2 Å². The largest absolute Gasteiger partial charge is 0.494 e. The summed E-state index contributed by atoms with van der Waals surface area (Å²) in [6.07, 6.45) is 3.65. The molecule has 6 rings (SSSR count). The molecule has 1 saturated heterocycles. The number of benzene rings is 5. The number of carbonyl (C=O) groups excluding carboxylic acids is 4. The topological polar surface area (TPSA) is 114 Å². The zero-order valence-electron chi connectivity index (χ0n) is 29.2. The van der Waals surface area contributed by atoms with Crippen LogP contribution in [0.2, 0.25) is 0 Å². The summed E-state index contributed by atoms with van der Waals surface area (Å²) in [6, 6.07) is 39.7. The molecule has 5 aromatic carbocycles. The van der Waals surface area contributed by atoms with Crippen LogP contribution in [0.15, 0.2) is 144 Å². The Bertz CT molecular complexity index is 2050. The second-order valence-electron chi connectivity index (χ2n) is 12.3. The van der Waals surface area contributed by atoms with Crippen LogP contribution in [0.3, 0.4) is 0 Å². The minimum atomic E-state index is -0.582. The Hall–Kier alpha value is -6.13. The third-order valence-electron chi connectivity index (χ3n) is 8.33. The Kier molecular flexibility index (Phi) is 12.4. The summed E-state index contributed by atoms with van der Waals surface area (Å²) >= 11 is 1.30. The van der Waals surface area contributed by atoms with E-state index in [9.17, 15) is 19.2 Å². The lowest BCUT2D eigenvalue weighted by Gasteiger charge is -2.16. The number of hydrogen-bond donors (Lipinski definition) is 2. The predicted octanol–water partition coefficient (Wildman–Crippen LogP) is 8.28. The van der Waals surface area contributed by atoms with Gasteiger partial charge in [0.25, 0.3) is 11.8 Å². The van der Waals surface area contributed by atoms with Crippen LogP contribution in [0.4, 0.5) is 11.4 Å². The number of ether oxygens (including phenoxy) is 2. The van der Waals surface area contributed by atoms with Crippen LogP contribution in [0.5, 0.6) is 11.5 Å². The van der Waals surface area contributed by atoms with Crippen molar-refractivity contribution in [1.29, 1.82) is 0 Å². The van der Waals surface area contributed by atoms with E-state index in [-0.39, 0.29) is 23.9 Å². The van der Waals surface area contributed by atoms with Crippen molar-refractivity contribution in [1.82, 2.24) is 5.32 Å². The second-order valence-corrected chi connectivity index (χ2v) is 13.6. The number of amides is 4. The van der Waals surface area contributed by atoms with E-state index in [2.05, 4.69) is 17.6 Å². The first-order valence-electron chi connectivity index (χ1n) is 17.4. The fourth-order valence-corrected chi connectivity index (χ4v) is 6.54. The molecule has 0 aliphatic carbocycles. The molecule has 268 valence electrons. The smallest absolute Gasteiger partial charge is 0.272 e. The summed E-state index contributed by atoms with van der Waals surface area (Å²) in [7, 11) is 0. The highest BCUT2D eigenvalue weighted by atomic mass is 32.2. The van der Waals surface area contributed by atoms with Gasteiger partial charge in [-0.05, 0) is 96.4 Å². The molecule has 4 amide bonds. The van der Waals surface area contributed by atoms with Crippen molar-refractivity contribution >= 4 is 52.8 Å². The van der Waals surface area contributed by atoms with E-state index in [1.165, 1.54) is 16.7 Å². The van der Waals surface area contributed by atoms with Crippen LogP contribution in [-0.4, -0.2) is 35.5 Å². The first-order chi connectivity index (χ1) is 25.9. The number of hydrogen-bond acceptors (Lipinski definition) is 7. The molecule has 5 aromatic rings. The monoisotopic (exact) mass is 725 g/mol. The van der Waals surface area contributed by atoms with E-state index in [4.69, 9.17) is 9.47 Å². The van der Waals surface area contributed by atoms with Crippen LogP contribution < -0.4 is 25.0 Å². The van der Waals surface area contributed by atoms with Crippen LogP contribution in [0.1, 0.15) is 47.7 Å². The van der Waals surface area contributed by atoms with Gasteiger partial charge in [0, 0.05) is 22.6 Å². The molecule has 0 bridgehead atoms. The maximum atomic E-state index is 13.6. The number of carbonyl (C=O) groups is 4. The van der Waals surface area contributed by atoms with Crippen LogP contribution in [0, 0.1) is 0 Å². The van der Waals surface area contributed by atoms with Gasteiger partial charge in [0.1, 0.15) is 23.8 Å². The SMILES string of the molecule is CCCCOc1ccc(N2C(=O)CC(Sc3ccc(NC(=O)/C(=C/c4ccc(OCc5ccccc5)cc4)NC(=O)c4ccccc4)cc3)C2=O)cc1. The number of imide groups is 1. The van der Waals surface area contributed by atoms with E-state index >= 15 is 0 Å². The average Bonchev–Trinajstić information content (AvgIpc) is 3.47. The van der Waals surface area contributed by atoms with Gasteiger partial charge in [-0.2, -0.15) is 0 Å². The number of anilines is 2. The van der Waals surface area contributed by atoms with Crippen LogP contribution in [0.25, 0.3) is 6.08 Å². The van der Waals surface area contributed by atoms with Gasteiger partial charge < -0.3 is 20.1 Å². The Morgan fingerprint density at radius 3 is 2.11 bits per heavy atom. The number of thioether (sulfide) groups is 1. The highest BCUT2D eigenvalue weighted by Gasteiger charge is 2.40. The van der Waals surface area contributed by atoms with Crippen molar-refractivity contribution in [2.24, 2.45) is 0 Å². The minimum absolute atomic E-state index is 0.0472. The molecule has 1 aliphatic rings. The summed E-state index contributed by atoms with van der Waals surface area (Å²) in [4.78, 5) is 54.9. The van der Waals surface area contributed by atoms with Crippen molar-refractivity contribution in [3.63, 3.8) is 0 Å². The fourth-order valence-electron chi connectivity index (χ4n) is 5.48. The summed E-state index contributed by atoms with van der Waals surface area (Å²) in [5.41, 5.74) is 3.18. The number of unbranched alkanes of at least 4 members (excludes halogenated alkanes) is 1. The van der Waals surface area contributed by atoms with Gasteiger partial charge in [-0.1, -0.05) is 74.0 Å². The van der Waals surface area contributed by atoms with E-state index < -0.39 is 17.1 Å². The van der Waals surface area contributed by atoms with Crippen molar-refractivity contribution < 1.29 is 28.7 Å². The first-order valence-corrected chi connectivity index (χ1v) is 18.3. The number of rotatable bonds is 15. The van der Waals surface area contributed by atoms with E-state index in [1.807, 2.05) is 60.7 Å². The average molecular weight is 726 g/mol. The molecule has 0 saturated carbocycles. The van der Waals surface area contributed by atoms with E-state index in [0.717, 1.165) is 23.3 Å². The minimum Gasteiger partial charge on any atom is -0.494 e. The molecule has 0 aromatic heterocycles. The van der Waals surface area contributed by atoms with Crippen LogP contribution in [-0.2, 0) is 21.0 Å². The van der Waals surface area contributed by atoms with Gasteiger partial charge in [-0.15, -0.1) is 11.8 Å². The van der Waals surface area contributed by atoms with Crippen molar-refractivity contribution in [3.05, 3.63) is 156 Å². The third-order valence-corrected chi connectivity index (χ3v) is 9.52. The van der Waals surface area contributed by atoms with Gasteiger partial charge in [-0.25, -0.2) is 4.90 Å². The molecule has 0 spiro atoms. The predicted molar refractivity (Wildman–Crippen MR) is 208 cm³/mol. The maximum absolute atomic E-state index is 13.6. The van der Waals surface area contributed by atoms with Crippen molar-refractivity contribution in [2.45, 2.75) is 42.9 Å². The molecule has 10 heteroatoms. The van der Waals surface area contributed by atoms with Gasteiger partial charge >= 0.3 is 0 Å². The Labute approximate surface area is 313 Å². The molecule has 53 heavy (non-hydrogen) atoms. The molecular formula is C43H39N3O6S. The van der Waals surface area contributed by atoms with Crippen molar-refractivity contribution in [2.75, 3.05) is 16.8 Å². The van der Waals surface area contributed by atoms with E-state index in [1.54, 1.807) is 78.9 Å². The second kappa shape index (κ2) is 17.9. The lowest BCUT2D eigenvalue weighted by molar-refractivity contribution is -0.121. The molecule has 2 N–H and O–H groups in total. The first kappa shape index (κ1) is 36.7. The highest BCUT2D eigenvalue weighted by Crippen LogP contribution is 2.35. The molecule has 0 radical (unpaired) electrons. The third kappa shape index (κ3) is 10.0. The molecule has 1 heterocycles. The number of nitrogens with zero attached hydrogens (tertiary/aromatic N) is 1. The summed E-state index contributed by atoms with van der Waals surface area (Å²) in [5, 5.41) is 5.03. The molecule has 1 unspecified atom stereocenters. The molecule has 1 atom stereocenters. The summed E-state index contributed by atoms with van der Waals surface area (Å²) in [5.74, 6) is -0.129.